The number of hydrogen-bond acceptors (Lipinski definition) is 10. The molecule has 7 nitrogen and oxygen atoms in total. The van der Waals surface area contributed by atoms with Gasteiger partial charge < -0.3 is 8.83 Å². The van der Waals surface area contributed by atoms with Crippen molar-refractivity contribution in [3.8, 4) is 40.8 Å². The molecule has 0 radical (unpaired) electrons. The van der Waals surface area contributed by atoms with Crippen LogP contribution in [-0.4, -0.2) is 48.9 Å². The zero-order chi connectivity index (χ0) is 44.6. The second kappa shape index (κ2) is 17.4. The Morgan fingerprint density at radius 2 is 0.938 bits per heavy atom. The van der Waals surface area contributed by atoms with E-state index in [1.807, 2.05) is 13.8 Å². The van der Waals surface area contributed by atoms with E-state index in [1.54, 1.807) is 23.7 Å². The number of aryl methyl sites for hydroxylation is 4. The number of nitrogens with zero attached hydrogens (tertiary/aromatic N) is 4. The number of rotatable bonds is 4. The van der Waals surface area contributed by atoms with Gasteiger partial charge in [0, 0.05) is 12.4 Å². The minimum Gasteiger partial charge on any atom is -0.449 e. The number of halogens is 8. The van der Waals surface area contributed by atoms with Gasteiger partial charge in [-0.2, -0.15) is 0 Å². The third-order valence-electron chi connectivity index (χ3n) is 10.2. The van der Waals surface area contributed by atoms with Crippen molar-refractivity contribution in [2.24, 2.45) is 0 Å². The van der Waals surface area contributed by atoms with E-state index in [2.05, 4.69) is 198 Å². The maximum absolute atomic E-state index is 6.53. The number of benzene rings is 2. The molecule has 10 aromatic heterocycles. The number of thiophene rings is 3. The number of aromatic nitrogens is 4. The molecular weight excluding hydrogens is 1530 g/mol. The largest absolute Gasteiger partial charge is 0.449 e. The Kier molecular flexibility index (Phi) is 12.3. The van der Waals surface area contributed by atoms with Crippen molar-refractivity contribution < 1.29 is 13.3 Å². The Bertz CT molecular complexity index is 3430. The normalized spacial score (nSPS) is 12.1. The summed E-state index contributed by atoms with van der Waals surface area (Å²) >= 11 is 35.5. The van der Waals surface area contributed by atoms with Crippen LogP contribution in [0.25, 0.3) is 102 Å². The first-order chi connectivity index (χ1) is 30.7. The van der Waals surface area contributed by atoms with E-state index < -0.39 is 0 Å². The molecule has 12 rings (SSSR count). The SMILES string of the molecule is Cc1ccc2c(Br)c(-c3oc4c(Br)c(-c5[se]c6cc(C)ccc6c5Br)sc4c3Br)[se]c2c1.Cc1cnc2c(Br)c(-c3oc4c(Br)c(-c5sc6nc(C)cnc6c5Br)oc4c3Br)sc2n1. The van der Waals surface area contributed by atoms with Gasteiger partial charge in [0.15, 0.2) is 22.7 Å². The Balaban J connectivity index is 0.000000143. The van der Waals surface area contributed by atoms with Crippen molar-refractivity contribution >= 4 is 252 Å². The average Bonchev–Trinajstić information content (AvgIpc) is 4.15. The minimum absolute atomic E-state index is 0.206. The first-order valence-corrected chi connectivity index (χ1v) is 30.9. The molecule has 12 aromatic rings. The third kappa shape index (κ3) is 7.49. The second-order valence-electron chi connectivity index (χ2n) is 14.6. The summed E-state index contributed by atoms with van der Waals surface area (Å²) in [7, 11) is 0. The predicted octanol–water partition coefficient (Wildman–Crippen LogP) is 19.0. The van der Waals surface area contributed by atoms with Gasteiger partial charge in [-0.3, -0.25) is 9.97 Å². The Labute approximate surface area is 454 Å². The molecular formula is C44H20Br8N4O3S3Se2. The Hall–Kier alpha value is -1.06. The van der Waals surface area contributed by atoms with Gasteiger partial charge >= 0.3 is 237 Å². The maximum atomic E-state index is 6.53. The van der Waals surface area contributed by atoms with Crippen molar-refractivity contribution in [3.05, 3.63) is 107 Å². The van der Waals surface area contributed by atoms with Gasteiger partial charge in [-0.15, -0.1) is 22.7 Å². The summed E-state index contributed by atoms with van der Waals surface area (Å²) < 4.78 is 33.4. The fourth-order valence-electron chi connectivity index (χ4n) is 7.13. The fourth-order valence-corrected chi connectivity index (χ4v) is 23.4. The molecule has 0 atom stereocenters. The third-order valence-corrected chi connectivity index (χ3v) is 27.0. The predicted molar refractivity (Wildman–Crippen MR) is 296 cm³/mol. The van der Waals surface area contributed by atoms with E-state index in [4.69, 9.17) is 13.3 Å². The van der Waals surface area contributed by atoms with Crippen LogP contribution in [-0.2, 0) is 0 Å². The fraction of sp³-hybridized carbons (Fsp3) is 0.0909. The van der Waals surface area contributed by atoms with E-state index in [1.165, 1.54) is 71.3 Å². The minimum atomic E-state index is 0.206. The quantitative estimate of drug-likeness (QED) is 0.162. The van der Waals surface area contributed by atoms with Crippen LogP contribution in [0.15, 0.2) is 97.8 Å². The summed E-state index contributed by atoms with van der Waals surface area (Å²) in [5, 5.41) is 2.60. The summed E-state index contributed by atoms with van der Waals surface area (Å²) in [5.74, 6) is 2.27. The standard InChI is InChI=1S/C24H12Br4OSSe2.C20H8Br4N4O2S2/c1-9-3-5-11-13(7-9)31-23(15(11)25)20-18(28)21-19(29-20)17(27)22(30-21)24-16(26)12-6-4-10(2)8-14(12)32-24;1-5-3-25-11-7(21)17(31-19(11)27-5)15-9(23)13-14(29-15)10(24)16(30-13)18-8(22)12-20(32-18)28-6(2)4-26-12/h3-8H,1-2H3;3-4H,1-2H3. The van der Waals surface area contributed by atoms with E-state index in [-0.39, 0.29) is 29.0 Å². The van der Waals surface area contributed by atoms with Gasteiger partial charge in [-0.1, -0.05) is 0 Å². The molecule has 0 unspecified atom stereocenters. The van der Waals surface area contributed by atoms with Crippen LogP contribution < -0.4 is 0 Å². The molecule has 0 N–H and O–H groups in total. The monoisotopic (exact) mass is 1540 g/mol. The smallest absolute Gasteiger partial charge is 0.189 e. The number of fused-ring (bicyclic) bond motifs is 6. The molecule has 2 aromatic carbocycles. The number of furan rings is 3. The van der Waals surface area contributed by atoms with E-state index in [0.717, 1.165) is 89.2 Å². The van der Waals surface area contributed by atoms with Gasteiger partial charge in [0.25, 0.3) is 0 Å². The molecule has 10 heterocycles. The molecule has 0 spiro atoms. The molecule has 320 valence electrons. The van der Waals surface area contributed by atoms with Gasteiger partial charge in [0.2, 0.25) is 0 Å². The van der Waals surface area contributed by atoms with Gasteiger partial charge in [-0.25, -0.2) is 9.97 Å². The van der Waals surface area contributed by atoms with Crippen LogP contribution in [0.2, 0.25) is 0 Å². The van der Waals surface area contributed by atoms with Crippen molar-refractivity contribution in [3.63, 3.8) is 0 Å². The van der Waals surface area contributed by atoms with Crippen molar-refractivity contribution in [1.82, 2.24) is 19.9 Å². The Morgan fingerprint density at radius 3 is 1.44 bits per heavy atom. The van der Waals surface area contributed by atoms with Crippen molar-refractivity contribution in [1.29, 1.82) is 0 Å². The van der Waals surface area contributed by atoms with E-state index in [0.29, 0.717) is 22.7 Å². The molecule has 20 heteroatoms. The molecule has 64 heavy (non-hydrogen) atoms. The average molecular weight is 1550 g/mol. The summed E-state index contributed by atoms with van der Waals surface area (Å²) in [6.45, 7) is 8.16. The van der Waals surface area contributed by atoms with Gasteiger partial charge in [0.05, 0.1) is 30.1 Å². The van der Waals surface area contributed by atoms with Gasteiger partial charge in [-0.05, 0) is 77.6 Å². The van der Waals surface area contributed by atoms with Gasteiger partial charge in [0.1, 0.15) is 29.6 Å². The zero-order valence-electron chi connectivity index (χ0n) is 32.7. The molecule has 0 saturated heterocycles. The molecule has 0 bridgehead atoms. The Morgan fingerprint density at radius 1 is 0.469 bits per heavy atom. The summed E-state index contributed by atoms with van der Waals surface area (Å²) in [5.41, 5.74) is 8.11. The first-order valence-electron chi connectivity index (χ1n) is 18.7. The summed E-state index contributed by atoms with van der Waals surface area (Å²) in [6, 6.07) is 13.4. The molecule has 0 aliphatic carbocycles. The van der Waals surface area contributed by atoms with Crippen LogP contribution in [0.1, 0.15) is 22.5 Å². The summed E-state index contributed by atoms with van der Waals surface area (Å²) in [4.78, 5) is 22.9. The molecule has 0 fully saturated rings. The molecule has 0 amide bonds. The second-order valence-corrected chi connectivity index (χ2v) is 28.4. The first kappa shape index (κ1) is 45.4. The van der Waals surface area contributed by atoms with Crippen LogP contribution in [0.5, 0.6) is 0 Å². The van der Waals surface area contributed by atoms with Crippen LogP contribution in [0.3, 0.4) is 0 Å². The van der Waals surface area contributed by atoms with Crippen LogP contribution >= 0.6 is 161 Å². The maximum Gasteiger partial charge on any atom is 0.189 e. The summed E-state index contributed by atoms with van der Waals surface area (Å²) in [6.07, 6.45) is 3.51. The van der Waals surface area contributed by atoms with E-state index >= 15 is 0 Å². The van der Waals surface area contributed by atoms with Crippen molar-refractivity contribution in [2.45, 2.75) is 27.7 Å². The van der Waals surface area contributed by atoms with E-state index in [9.17, 15) is 0 Å². The number of hydrogen-bond donors (Lipinski definition) is 0. The molecule has 0 aliphatic heterocycles. The molecule has 0 aliphatic rings. The van der Waals surface area contributed by atoms with Crippen LogP contribution in [0, 0.1) is 27.7 Å². The topological polar surface area (TPSA) is 91.0 Å². The molecule has 0 saturated carbocycles. The van der Waals surface area contributed by atoms with Crippen molar-refractivity contribution in [2.75, 3.05) is 0 Å². The zero-order valence-corrected chi connectivity index (χ0v) is 51.3. The van der Waals surface area contributed by atoms with Crippen LogP contribution in [0.4, 0.5) is 0 Å².